The largest absolute Gasteiger partial charge is 0.370 e. The molecule has 0 bridgehead atoms. The Kier molecular flexibility index (Phi) is 4.88. The van der Waals surface area contributed by atoms with Crippen molar-refractivity contribution in [2.24, 2.45) is 16.6 Å². The van der Waals surface area contributed by atoms with Crippen LogP contribution in [0.5, 0.6) is 0 Å². The Morgan fingerprint density at radius 1 is 1.27 bits per heavy atom. The molecule has 0 atom stereocenters. The highest BCUT2D eigenvalue weighted by Gasteiger charge is 2.18. The minimum absolute atomic E-state index is 0.710. The molecule has 15 heavy (non-hydrogen) atoms. The van der Waals surface area contributed by atoms with E-state index in [1.165, 1.54) is 6.54 Å². The maximum atomic E-state index is 5.86. The van der Waals surface area contributed by atoms with Gasteiger partial charge in [-0.15, -0.1) is 0 Å². The number of aliphatic imine (C=N–C) groups is 1. The minimum Gasteiger partial charge on any atom is -0.370 e. The second-order valence-corrected chi connectivity index (χ2v) is 4.51. The van der Waals surface area contributed by atoms with Crippen molar-refractivity contribution >= 4 is 5.96 Å². The van der Waals surface area contributed by atoms with Crippen LogP contribution in [0.3, 0.4) is 0 Å². The zero-order valence-corrected chi connectivity index (χ0v) is 10.2. The van der Waals surface area contributed by atoms with Gasteiger partial charge >= 0.3 is 0 Å². The summed E-state index contributed by atoms with van der Waals surface area (Å²) in [4.78, 5) is 8.92. The standard InChI is InChI=1S/C11H24N4/c1-4-13-11(12)15-7-5-14(6-8-15)9-10(2)3/h10H,4-9H2,1-3H3,(H2,12,13). The molecule has 0 unspecified atom stereocenters. The van der Waals surface area contributed by atoms with E-state index in [4.69, 9.17) is 5.73 Å². The predicted molar refractivity (Wildman–Crippen MR) is 65.0 cm³/mol. The molecule has 4 nitrogen and oxygen atoms in total. The summed E-state index contributed by atoms with van der Waals surface area (Å²) < 4.78 is 0. The van der Waals surface area contributed by atoms with Gasteiger partial charge in [-0.05, 0) is 12.8 Å². The summed E-state index contributed by atoms with van der Waals surface area (Å²) in [5.74, 6) is 1.46. The summed E-state index contributed by atoms with van der Waals surface area (Å²) in [5, 5.41) is 0. The van der Waals surface area contributed by atoms with Crippen molar-refractivity contribution in [1.82, 2.24) is 9.80 Å². The van der Waals surface area contributed by atoms with Crippen LogP contribution in [0.15, 0.2) is 4.99 Å². The van der Waals surface area contributed by atoms with Crippen LogP contribution < -0.4 is 5.73 Å². The molecular formula is C11H24N4. The van der Waals surface area contributed by atoms with Crippen LogP contribution in [-0.4, -0.2) is 55.0 Å². The first-order valence-electron chi connectivity index (χ1n) is 5.90. The van der Waals surface area contributed by atoms with Crippen LogP contribution in [0.2, 0.25) is 0 Å². The summed E-state index contributed by atoms with van der Waals surface area (Å²) in [6, 6.07) is 0. The fraction of sp³-hybridized carbons (Fsp3) is 0.909. The topological polar surface area (TPSA) is 44.9 Å². The Morgan fingerprint density at radius 3 is 2.33 bits per heavy atom. The molecule has 1 aliphatic heterocycles. The van der Waals surface area contributed by atoms with Gasteiger partial charge in [0.05, 0.1) is 0 Å². The molecule has 0 aliphatic carbocycles. The van der Waals surface area contributed by atoms with Crippen LogP contribution in [0.1, 0.15) is 20.8 Å². The molecule has 1 heterocycles. The number of nitrogens with zero attached hydrogens (tertiary/aromatic N) is 3. The van der Waals surface area contributed by atoms with Crippen molar-refractivity contribution in [2.75, 3.05) is 39.3 Å². The molecule has 88 valence electrons. The van der Waals surface area contributed by atoms with E-state index in [0.29, 0.717) is 5.96 Å². The van der Waals surface area contributed by atoms with Crippen molar-refractivity contribution in [1.29, 1.82) is 0 Å². The fourth-order valence-corrected chi connectivity index (χ4v) is 1.94. The highest BCUT2D eigenvalue weighted by atomic mass is 15.3. The lowest BCUT2D eigenvalue weighted by Gasteiger charge is -2.36. The summed E-state index contributed by atoms with van der Waals surface area (Å²) in [6.45, 7) is 12.8. The van der Waals surface area contributed by atoms with Crippen LogP contribution in [0.4, 0.5) is 0 Å². The molecule has 4 heteroatoms. The van der Waals surface area contributed by atoms with Crippen molar-refractivity contribution < 1.29 is 0 Å². The molecule has 0 radical (unpaired) electrons. The third-order valence-electron chi connectivity index (χ3n) is 2.64. The Labute approximate surface area is 93.1 Å². The van der Waals surface area contributed by atoms with Gasteiger partial charge in [-0.3, -0.25) is 9.89 Å². The van der Waals surface area contributed by atoms with E-state index in [9.17, 15) is 0 Å². The van der Waals surface area contributed by atoms with Crippen molar-refractivity contribution in [2.45, 2.75) is 20.8 Å². The van der Waals surface area contributed by atoms with E-state index in [1.54, 1.807) is 0 Å². The number of guanidine groups is 1. The fourth-order valence-electron chi connectivity index (χ4n) is 1.94. The Bertz CT molecular complexity index is 205. The Morgan fingerprint density at radius 2 is 1.87 bits per heavy atom. The molecule has 0 amide bonds. The molecule has 1 saturated heterocycles. The summed E-state index contributed by atoms with van der Waals surface area (Å²) in [7, 11) is 0. The summed E-state index contributed by atoms with van der Waals surface area (Å²) in [5.41, 5.74) is 5.86. The number of nitrogens with two attached hydrogens (primary N) is 1. The molecule has 0 spiro atoms. The van der Waals surface area contributed by atoms with Gasteiger partial charge in [0.2, 0.25) is 0 Å². The normalized spacial score (nSPS) is 20.0. The number of rotatable bonds is 3. The van der Waals surface area contributed by atoms with Gasteiger partial charge in [0.15, 0.2) is 5.96 Å². The quantitative estimate of drug-likeness (QED) is 0.550. The van der Waals surface area contributed by atoms with Gasteiger partial charge in [0.1, 0.15) is 0 Å². The zero-order valence-electron chi connectivity index (χ0n) is 10.2. The highest BCUT2D eigenvalue weighted by molar-refractivity contribution is 5.78. The molecule has 1 rings (SSSR count). The molecule has 0 aromatic carbocycles. The third kappa shape index (κ3) is 4.08. The van der Waals surface area contributed by atoms with Crippen LogP contribution in [0, 0.1) is 5.92 Å². The molecule has 0 saturated carbocycles. The van der Waals surface area contributed by atoms with Crippen LogP contribution >= 0.6 is 0 Å². The lowest BCUT2D eigenvalue weighted by atomic mass is 10.2. The Hall–Kier alpha value is -0.770. The molecule has 2 N–H and O–H groups in total. The molecule has 1 fully saturated rings. The second-order valence-electron chi connectivity index (χ2n) is 4.51. The van der Waals surface area contributed by atoms with Crippen LogP contribution in [0.25, 0.3) is 0 Å². The van der Waals surface area contributed by atoms with E-state index < -0.39 is 0 Å². The molecule has 0 aromatic rings. The lowest BCUT2D eigenvalue weighted by molar-refractivity contribution is 0.165. The highest BCUT2D eigenvalue weighted by Crippen LogP contribution is 2.04. The third-order valence-corrected chi connectivity index (χ3v) is 2.64. The van der Waals surface area contributed by atoms with Gasteiger partial charge in [0.25, 0.3) is 0 Å². The van der Waals surface area contributed by atoms with E-state index >= 15 is 0 Å². The minimum atomic E-state index is 0.710. The van der Waals surface area contributed by atoms with E-state index in [-0.39, 0.29) is 0 Å². The van der Waals surface area contributed by atoms with E-state index in [2.05, 4.69) is 28.6 Å². The first-order valence-corrected chi connectivity index (χ1v) is 5.90. The SMILES string of the molecule is CCN=C(N)N1CCN(CC(C)C)CC1. The van der Waals surface area contributed by atoms with Gasteiger partial charge in [-0.2, -0.15) is 0 Å². The molecule has 1 aliphatic rings. The predicted octanol–water partition coefficient (Wildman–Crippen LogP) is 0.595. The van der Waals surface area contributed by atoms with Crippen molar-refractivity contribution in [3.63, 3.8) is 0 Å². The smallest absolute Gasteiger partial charge is 0.191 e. The zero-order chi connectivity index (χ0) is 11.3. The maximum absolute atomic E-state index is 5.86. The first-order chi connectivity index (χ1) is 7.13. The lowest BCUT2D eigenvalue weighted by Crippen LogP contribution is -2.51. The monoisotopic (exact) mass is 212 g/mol. The average Bonchev–Trinajstić information content (AvgIpc) is 2.18. The van der Waals surface area contributed by atoms with Gasteiger partial charge in [-0.1, -0.05) is 13.8 Å². The maximum Gasteiger partial charge on any atom is 0.191 e. The van der Waals surface area contributed by atoms with Gasteiger partial charge in [0, 0.05) is 39.3 Å². The summed E-state index contributed by atoms with van der Waals surface area (Å²) in [6.07, 6.45) is 0. The van der Waals surface area contributed by atoms with E-state index in [0.717, 1.165) is 38.6 Å². The number of piperazine rings is 1. The van der Waals surface area contributed by atoms with Crippen LogP contribution in [-0.2, 0) is 0 Å². The van der Waals surface area contributed by atoms with Gasteiger partial charge in [-0.25, -0.2) is 0 Å². The van der Waals surface area contributed by atoms with Crippen molar-refractivity contribution in [3.8, 4) is 0 Å². The van der Waals surface area contributed by atoms with E-state index in [1.807, 2.05) is 6.92 Å². The second kappa shape index (κ2) is 5.95. The number of hydrogen-bond acceptors (Lipinski definition) is 2. The number of hydrogen-bond donors (Lipinski definition) is 1. The Balaban J connectivity index is 2.32. The van der Waals surface area contributed by atoms with Crippen molar-refractivity contribution in [3.05, 3.63) is 0 Å². The van der Waals surface area contributed by atoms with Gasteiger partial charge < -0.3 is 10.6 Å². The average molecular weight is 212 g/mol. The summed E-state index contributed by atoms with van der Waals surface area (Å²) >= 11 is 0. The molecular weight excluding hydrogens is 188 g/mol. The first kappa shape index (κ1) is 12.3. The molecule has 0 aromatic heterocycles.